The molecule has 0 aliphatic heterocycles. The Morgan fingerprint density at radius 3 is 2.71 bits per heavy atom. The van der Waals surface area contributed by atoms with Crippen LogP contribution in [0.2, 0.25) is 0 Å². The van der Waals surface area contributed by atoms with Crippen molar-refractivity contribution in [2.45, 2.75) is 25.4 Å². The molecule has 0 saturated heterocycles. The molecule has 0 bridgehead atoms. The molecule has 6 nitrogen and oxygen atoms in total. The number of hydrogen-bond acceptors (Lipinski definition) is 4. The van der Waals surface area contributed by atoms with Crippen molar-refractivity contribution in [3.63, 3.8) is 0 Å². The number of aryl methyl sites for hydroxylation is 2. The summed E-state index contributed by atoms with van der Waals surface area (Å²) >= 11 is 1.44. The van der Waals surface area contributed by atoms with Gasteiger partial charge in [-0.1, -0.05) is 36.0 Å². The molecule has 2 aromatic carbocycles. The van der Waals surface area contributed by atoms with E-state index in [0.717, 1.165) is 28.5 Å². The third-order valence-electron chi connectivity index (χ3n) is 5.10. The number of benzene rings is 2. The molecule has 1 N–H and O–H groups in total. The zero-order chi connectivity index (χ0) is 21.6. The van der Waals surface area contributed by atoms with E-state index >= 15 is 0 Å². The van der Waals surface area contributed by atoms with Gasteiger partial charge in [-0.05, 0) is 61.2 Å². The fourth-order valence-electron chi connectivity index (χ4n) is 3.21. The average molecular weight is 432 g/mol. The number of nitrogens with one attached hydrogen (secondary N) is 1. The number of thioether (sulfide) groups is 1. The minimum atomic E-state index is -0.00455. The molecule has 0 unspecified atom stereocenters. The van der Waals surface area contributed by atoms with Crippen molar-refractivity contribution in [3.05, 3.63) is 90.0 Å². The van der Waals surface area contributed by atoms with Gasteiger partial charge in [-0.2, -0.15) is 5.10 Å². The van der Waals surface area contributed by atoms with Crippen molar-refractivity contribution in [1.82, 2.24) is 24.6 Å². The summed E-state index contributed by atoms with van der Waals surface area (Å²) in [5, 5.41) is 8.19. The largest absolute Gasteiger partial charge is 0.355 e. The first-order valence-corrected chi connectivity index (χ1v) is 11.2. The fraction of sp³-hybridized carbons (Fsp3) is 0.208. The number of rotatable bonds is 8. The molecule has 1 amide bonds. The van der Waals surface area contributed by atoms with Crippen LogP contribution in [-0.2, 0) is 11.2 Å². The van der Waals surface area contributed by atoms with Gasteiger partial charge < -0.3 is 5.32 Å². The van der Waals surface area contributed by atoms with Gasteiger partial charge in [-0.15, -0.1) is 0 Å². The Morgan fingerprint density at radius 1 is 1.06 bits per heavy atom. The number of amides is 1. The van der Waals surface area contributed by atoms with Crippen LogP contribution in [0.1, 0.15) is 16.7 Å². The van der Waals surface area contributed by atoms with E-state index in [1.807, 2.05) is 58.2 Å². The smallest absolute Gasteiger partial charge is 0.230 e. The second-order valence-corrected chi connectivity index (χ2v) is 8.31. The van der Waals surface area contributed by atoms with Crippen molar-refractivity contribution < 1.29 is 4.79 Å². The Bertz CT molecular complexity index is 1170. The van der Waals surface area contributed by atoms with Crippen LogP contribution in [-0.4, -0.2) is 37.5 Å². The second kappa shape index (κ2) is 9.66. The molecule has 4 aromatic rings. The Hall–Kier alpha value is -3.32. The Morgan fingerprint density at radius 2 is 1.90 bits per heavy atom. The van der Waals surface area contributed by atoms with Gasteiger partial charge in [0.15, 0.2) is 5.16 Å². The summed E-state index contributed by atoms with van der Waals surface area (Å²) in [7, 11) is 0. The molecule has 2 aromatic heterocycles. The van der Waals surface area contributed by atoms with E-state index in [2.05, 4.69) is 47.4 Å². The molecule has 7 heteroatoms. The standard InChI is InChI=1S/C24H25N5OS/c1-18-8-9-22(14-19(18)2)28-13-12-26-24(28)31-17-23(30)25-11-10-20-15-27-29(16-20)21-6-4-3-5-7-21/h3-9,12-16H,10-11,17H2,1-2H3,(H,25,30). The van der Waals surface area contributed by atoms with E-state index in [1.165, 1.54) is 22.9 Å². The van der Waals surface area contributed by atoms with E-state index in [0.29, 0.717) is 12.3 Å². The van der Waals surface area contributed by atoms with Gasteiger partial charge in [0.05, 0.1) is 17.6 Å². The molecule has 31 heavy (non-hydrogen) atoms. The van der Waals surface area contributed by atoms with Crippen molar-refractivity contribution in [2.75, 3.05) is 12.3 Å². The molecule has 0 atom stereocenters. The van der Waals surface area contributed by atoms with Crippen molar-refractivity contribution in [1.29, 1.82) is 0 Å². The number of para-hydroxylation sites is 1. The number of aromatic nitrogens is 4. The quantitative estimate of drug-likeness (QED) is 0.426. The summed E-state index contributed by atoms with van der Waals surface area (Å²) in [6.45, 7) is 4.77. The summed E-state index contributed by atoms with van der Waals surface area (Å²) < 4.78 is 3.86. The molecular formula is C24H25N5OS. The number of nitrogens with zero attached hydrogens (tertiary/aromatic N) is 4. The van der Waals surface area contributed by atoms with Crippen LogP contribution >= 0.6 is 11.8 Å². The minimum Gasteiger partial charge on any atom is -0.355 e. The van der Waals surface area contributed by atoms with Gasteiger partial charge in [-0.25, -0.2) is 9.67 Å². The molecule has 0 spiro atoms. The number of carbonyl (C=O) groups is 1. The molecule has 0 saturated carbocycles. The lowest BCUT2D eigenvalue weighted by Crippen LogP contribution is -2.27. The predicted molar refractivity (Wildman–Crippen MR) is 124 cm³/mol. The summed E-state index contributed by atoms with van der Waals surface area (Å²) in [6.07, 6.45) is 8.26. The maximum Gasteiger partial charge on any atom is 0.230 e. The van der Waals surface area contributed by atoms with Crippen LogP contribution < -0.4 is 5.32 Å². The predicted octanol–water partition coefficient (Wildman–Crippen LogP) is 4.13. The van der Waals surface area contributed by atoms with Crippen LogP contribution in [0.3, 0.4) is 0 Å². The van der Waals surface area contributed by atoms with Crippen LogP contribution in [0.25, 0.3) is 11.4 Å². The number of carbonyl (C=O) groups excluding carboxylic acids is 1. The number of hydrogen-bond donors (Lipinski definition) is 1. The monoisotopic (exact) mass is 431 g/mol. The Balaban J connectivity index is 1.27. The zero-order valence-electron chi connectivity index (χ0n) is 17.7. The third-order valence-corrected chi connectivity index (χ3v) is 6.07. The van der Waals surface area contributed by atoms with Gasteiger partial charge in [-0.3, -0.25) is 9.36 Å². The van der Waals surface area contributed by atoms with Crippen molar-refractivity contribution >= 4 is 17.7 Å². The van der Waals surface area contributed by atoms with Gasteiger partial charge in [0.1, 0.15) is 0 Å². The molecule has 0 aliphatic carbocycles. The van der Waals surface area contributed by atoms with Gasteiger partial charge in [0.25, 0.3) is 0 Å². The van der Waals surface area contributed by atoms with E-state index in [-0.39, 0.29) is 5.91 Å². The molecule has 2 heterocycles. The van der Waals surface area contributed by atoms with Crippen LogP contribution in [0.15, 0.2) is 78.5 Å². The van der Waals surface area contributed by atoms with Gasteiger partial charge in [0, 0.05) is 30.8 Å². The normalized spacial score (nSPS) is 10.9. The average Bonchev–Trinajstić information content (AvgIpc) is 3.45. The molecule has 158 valence electrons. The van der Waals surface area contributed by atoms with E-state index in [9.17, 15) is 4.79 Å². The highest BCUT2D eigenvalue weighted by molar-refractivity contribution is 7.99. The Kier molecular flexibility index (Phi) is 6.52. The highest BCUT2D eigenvalue weighted by atomic mass is 32.2. The van der Waals surface area contributed by atoms with E-state index in [4.69, 9.17) is 0 Å². The molecular weight excluding hydrogens is 406 g/mol. The maximum atomic E-state index is 12.3. The van der Waals surface area contributed by atoms with E-state index in [1.54, 1.807) is 6.20 Å². The molecule has 0 radical (unpaired) electrons. The summed E-state index contributed by atoms with van der Waals surface area (Å²) in [5.74, 6) is 0.320. The first-order valence-electron chi connectivity index (χ1n) is 10.2. The summed E-state index contributed by atoms with van der Waals surface area (Å²) in [4.78, 5) is 16.7. The number of imidazole rings is 1. The third kappa shape index (κ3) is 5.24. The molecule has 0 fully saturated rings. The lowest BCUT2D eigenvalue weighted by molar-refractivity contribution is -0.118. The second-order valence-electron chi connectivity index (χ2n) is 7.37. The van der Waals surface area contributed by atoms with Gasteiger partial charge in [0.2, 0.25) is 5.91 Å². The maximum absolute atomic E-state index is 12.3. The summed E-state index contributed by atoms with van der Waals surface area (Å²) in [5.41, 5.74) is 5.65. The zero-order valence-corrected chi connectivity index (χ0v) is 18.5. The molecule has 4 rings (SSSR count). The first-order chi connectivity index (χ1) is 15.1. The minimum absolute atomic E-state index is 0.00455. The Labute approximate surface area is 186 Å². The lowest BCUT2D eigenvalue weighted by atomic mass is 10.1. The lowest BCUT2D eigenvalue weighted by Gasteiger charge is -2.10. The highest BCUT2D eigenvalue weighted by Crippen LogP contribution is 2.22. The van der Waals surface area contributed by atoms with E-state index < -0.39 is 0 Å². The first kappa shape index (κ1) is 20.9. The fourth-order valence-corrected chi connectivity index (χ4v) is 4.01. The molecule has 0 aliphatic rings. The SMILES string of the molecule is Cc1ccc(-n2ccnc2SCC(=O)NCCc2cnn(-c3ccccc3)c2)cc1C. The van der Waals surface area contributed by atoms with Crippen LogP contribution in [0, 0.1) is 13.8 Å². The van der Waals surface area contributed by atoms with Crippen LogP contribution in [0.5, 0.6) is 0 Å². The van der Waals surface area contributed by atoms with Crippen LogP contribution in [0.4, 0.5) is 0 Å². The topological polar surface area (TPSA) is 64.7 Å². The summed E-state index contributed by atoms with van der Waals surface area (Å²) in [6, 6.07) is 16.3. The van der Waals surface area contributed by atoms with Crippen molar-refractivity contribution in [2.24, 2.45) is 0 Å². The van der Waals surface area contributed by atoms with Crippen molar-refractivity contribution in [3.8, 4) is 11.4 Å². The highest BCUT2D eigenvalue weighted by Gasteiger charge is 2.10. The van der Waals surface area contributed by atoms with Gasteiger partial charge >= 0.3 is 0 Å².